The fourth-order valence-corrected chi connectivity index (χ4v) is 2.49. The quantitative estimate of drug-likeness (QED) is 0.650. The maximum atomic E-state index is 12.1. The molecule has 2 aromatic carbocycles. The molecule has 0 atom stereocenters. The summed E-state index contributed by atoms with van der Waals surface area (Å²) in [6.07, 6.45) is 0.0140. The molecule has 0 unspecified atom stereocenters. The van der Waals surface area contributed by atoms with Crippen LogP contribution in [-0.2, 0) is 19.1 Å². The summed E-state index contributed by atoms with van der Waals surface area (Å²) < 4.78 is 15.5. The first-order valence-electron chi connectivity index (χ1n) is 9.32. The number of nitrogens with one attached hydrogen (secondary N) is 1. The van der Waals surface area contributed by atoms with Gasteiger partial charge < -0.3 is 19.5 Å². The Hall–Kier alpha value is -3.35. The molecule has 0 bridgehead atoms. The van der Waals surface area contributed by atoms with Gasteiger partial charge in [0, 0.05) is 0 Å². The summed E-state index contributed by atoms with van der Waals surface area (Å²) in [7, 11) is 0. The molecule has 7 nitrogen and oxygen atoms in total. The fourth-order valence-electron chi connectivity index (χ4n) is 2.49. The number of carbonyl (C=O) groups is 3. The van der Waals surface area contributed by atoms with Crippen LogP contribution in [-0.4, -0.2) is 37.7 Å². The minimum atomic E-state index is -0.552. The van der Waals surface area contributed by atoms with Gasteiger partial charge in [-0.05, 0) is 50.1 Å². The van der Waals surface area contributed by atoms with Crippen molar-refractivity contribution in [1.82, 2.24) is 0 Å². The van der Waals surface area contributed by atoms with E-state index in [-0.39, 0.29) is 25.2 Å². The molecule has 0 radical (unpaired) electrons. The summed E-state index contributed by atoms with van der Waals surface area (Å²) in [6.45, 7) is 5.49. The number of para-hydroxylation sites is 1. The van der Waals surface area contributed by atoms with Crippen molar-refractivity contribution in [3.05, 3.63) is 59.2 Å². The van der Waals surface area contributed by atoms with Gasteiger partial charge in [-0.25, -0.2) is 4.79 Å². The Morgan fingerprint density at radius 3 is 2.52 bits per heavy atom. The molecule has 0 heterocycles. The second-order valence-corrected chi connectivity index (χ2v) is 6.34. The van der Waals surface area contributed by atoms with Crippen LogP contribution in [0.15, 0.2) is 42.5 Å². The van der Waals surface area contributed by atoms with Crippen LogP contribution in [0.2, 0.25) is 0 Å². The highest BCUT2D eigenvalue weighted by Gasteiger charge is 2.15. The molecular formula is C22H25NO6. The first-order chi connectivity index (χ1) is 13.9. The summed E-state index contributed by atoms with van der Waals surface area (Å²) in [5, 5.41) is 2.55. The lowest BCUT2D eigenvalue weighted by Crippen LogP contribution is -2.23. The monoisotopic (exact) mass is 399 g/mol. The predicted molar refractivity (Wildman–Crippen MR) is 108 cm³/mol. The lowest BCUT2D eigenvalue weighted by Gasteiger charge is -2.11. The summed E-state index contributed by atoms with van der Waals surface area (Å²) in [5.74, 6) is -0.926. The predicted octanol–water partition coefficient (Wildman–Crippen LogP) is 3.43. The largest absolute Gasteiger partial charge is 0.493 e. The van der Waals surface area contributed by atoms with Gasteiger partial charge in [-0.15, -0.1) is 0 Å². The molecule has 0 aliphatic rings. The van der Waals surface area contributed by atoms with E-state index in [0.29, 0.717) is 11.4 Å². The van der Waals surface area contributed by atoms with Crippen molar-refractivity contribution in [3.63, 3.8) is 0 Å². The van der Waals surface area contributed by atoms with E-state index in [1.165, 1.54) is 0 Å². The van der Waals surface area contributed by atoms with Gasteiger partial charge in [0.1, 0.15) is 5.75 Å². The highest BCUT2D eigenvalue weighted by atomic mass is 16.5. The minimum Gasteiger partial charge on any atom is -0.493 e. The van der Waals surface area contributed by atoms with E-state index >= 15 is 0 Å². The third-order valence-electron chi connectivity index (χ3n) is 3.97. The van der Waals surface area contributed by atoms with Crippen LogP contribution < -0.4 is 10.1 Å². The SMILES string of the molecule is CCOC(=O)c1ccccc1NC(=O)COC(=O)CCOc1cc(C)ccc1C. The van der Waals surface area contributed by atoms with Gasteiger partial charge >= 0.3 is 11.9 Å². The molecule has 7 heteroatoms. The van der Waals surface area contributed by atoms with Crippen LogP contribution in [0.25, 0.3) is 0 Å². The molecule has 0 aliphatic heterocycles. The molecular weight excluding hydrogens is 374 g/mol. The van der Waals surface area contributed by atoms with E-state index in [1.807, 2.05) is 32.0 Å². The Labute approximate surface area is 170 Å². The molecule has 2 rings (SSSR count). The van der Waals surface area contributed by atoms with Crippen LogP contribution in [0, 0.1) is 13.8 Å². The van der Waals surface area contributed by atoms with Gasteiger partial charge in [0.05, 0.1) is 30.9 Å². The summed E-state index contributed by atoms with van der Waals surface area (Å²) in [4.78, 5) is 35.8. The van der Waals surface area contributed by atoms with Crippen molar-refractivity contribution in [2.24, 2.45) is 0 Å². The minimum absolute atomic E-state index is 0.0140. The summed E-state index contributed by atoms with van der Waals surface area (Å²) in [6, 6.07) is 12.3. The first-order valence-corrected chi connectivity index (χ1v) is 9.32. The lowest BCUT2D eigenvalue weighted by atomic mass is 10.1. The molecule has 29 heavy (non-hydrogen) atoms. The molecule has 154 valence electrons. The van der Waals surface area contributed by atoms with Gasteiger partial charge in [0.25, 0.3) is 5.91 Å². The molecule has 0 fully saturated rings. The lowest BCUT2D eigenvalue weighted by molar-refractivity contribution is -0.147. The van der Waals surface area contributed by atoms with Gasteiger partial charge in [-0.3, -0.25) is 9.59 Å². The number of benzene rings is 2. The second kappa shape index (κ2) is 10.8. The molecule has 0 saturated carbocycles. The highest BCUT2D eigenvalue weighted by Crippen LogP contribution is 2.19. The molecule has 0 aliphatic carbocycles. The molecule has 0 aromatic heterocycles. The number of esters is 2. The van der Waals surface area contributed by atoms with Crippen molar-refractivity contribution >= 4 is 23.5 Å². The van der Waals surface area contributed by atoms with Crippen LogP contribution in [0.3, 0.4) is 0 Å². The van der Waals surface area contributed by atoms with E-state index in [2.05, 4.69) is 5.32 Å². The smallest absolute Gasteiger partial charge is 0.340 e. The standard InChI is InChI=1S/C22H25NO6/c1-4-27-22(26)17-7-5-6-8-18(17)23-20(24)14-29-21(25)11-12-28-19-13-15(2)9-10-16(19)3/h5-10,13H,4,11-12,14H2,1-3H3,(H,23,24). The van der Waals surface area contributed by atoms with E-state index < -0.39 is 24.5 Å². The van der Waals surface area contributed by atoms with E-state index in [1.54, 1.807) is 31.2 Å². The number of ether oxygens (including phenoxy) is 3. The average molecular weight is 399 g/mol. The van der Waals surface area contributed by atoms with Crippen molar-refractivity contribution in [3.8, 4) is 5.75 Å². The first kappa shape index (κ1) is 21.9. The Balaban J connectivity index is 1.78. The molecule has 1 amide bonds. The van der Waals surface area contributed by atoms with Gasteiger partial charge in [-0.2, -0.15) is 0 Å². The van der Waals surface area contributed by atoms with Crippen LogP contribution >= 0.6 is 0 Å². The average Bonchev–Trinajstić information content (AvgIpc) is 2.69. The number of amides is 1. The van der Waals surface area contributed by atoms with E-state index in [4.69, 9.17) is 14.2 Å². The Morgan fingerprint density at radius 1 is 1.00 bits per heavy atom. The summed E-state index contributed by atoms with van der Waals surface area (Å²) >= 11 is 0. The van der Waals surface area contributed by atoms with Gasteiger partial charge in [-0.1, -0.05) is 24.3 Å². The Morgan fingerprint density at radius 2 is 1.76 bits per heavy atom. The number of anilines is 1. The third kappa shape index (κ3) is 6.95. The number of rotatable bonds is 9. The van der Waals surface area contributed by atoms with Crippen molar-refractivity contribution in [1.29, 1.82) is 0 Å². The number of aryl methyl sites for hydroxylation is 2. The zero-order valence-corrected chi connectivity index (χ0v) is 16.8. The molecule has 2 aromatic rings. The zero-order valence-electron chi connectivity index (χ0n) is 16.8. The van der Waals surface area contributed by atoms with Gasteiger partial charge in [0.2, 0.25) is 0 Å². The molecule has 1 N–H and O–H groups in total. The fraction of sp³-hybridized carbons (Fsp3) is 0.318. The zero-order chi connectivity index (χ0) is 21.2. The Kier molecular flexibility index (Phi) is 8.21. The topological polar surface area (TPSA) is 90.9 Å². The molecule has 0 saturated heterocycles. The third-order valence-corrected chi connectivity index (χ3v) is 3.97. The number of carbonyl (C=O) groups excluding carboxylic acids is 3. The maximum Gasteiger partial charge on any atom is 0.340 e. The van der Waals surface area contributed by atoms with Gasteiger partial charge in [0.15, 0.2) is 6.61 Å². The van der Waals surface area contributed by atoms with Crippen molar-refractivity contribution in [2.75, 3.05) is 25.1 Å². The number of hydrogen-bond acceptors (Lipinski definition) is 6. The van der Waals surface area contributed by atoms with Crippen LogP contribution in [0.4, 0.5) is 5.69 Å². The van der Waals surface area contributed by atoms with Crippen molar-refractivity contribution < 1.29 is 28.6 Å². The van der Waals surface area contributed by atoms with E-state index in [9.17, 15) is 14.4 Å². The Bertz CT molecular complexity index is 877. The number of hydrogen-bond donors (Lipinski definition) is 1. The maximum absolute atomic E-state index is 12.1. The molecule has 0 spiro atoms. The second-order valence-electron chi connectivity index (χ2n) is 6.34. The summed E-state index contributed by atoms with van der Waals surface area (Å²) in [5.41, 5.74) is 2.57. The van der Waals surface area contributed by atoms with E-state index in [0.717, 1.165) is 11.1 Å². The normalized spacial score (nSPS) is 10.2. The highest BCUT2D eigenvalue weighted by molar-refractivity contribution is 6.01. The van der Waals surface area contributed by atoms with Crippen molar-refractivity contribution in [2.45, 2.75) is 27.2 Å². The van der Waals surface area contributed by atoms with Crippen LogP contribution in [0.5, 0.6) is 5.75 Å². The van der Waals surface area contributed by atoms with Crippen LogP contribution in [0.1, 0.15) is 34.8 Å².